The third-order valence-corrected chi connectivity index (χ3v) is 7.75. The van der Waals surface area contributed by atoms with Crippen molar-refractivity contribution in [3.63, 3.8) is 0 Å². The zero-order chi connectivity index (χ0) is 26.5. The number of amides is 2. The third-order valence-electron chi connectivity index (χ3n) is 5.56. The number of nitrogens with one attached hydrogen (secondary N) is 4. The van der Waals surface area contributed by atoms with Crippen molar-refractivity contribution < 1.29 is 26.4 Å². The first-order valence-corrected chi connectivity index (χ1v) is 13.7. The lowest BCUT2D eigenvalue weighted by atomic mass is 10.1. The number of nitrogens with zero attached hydrogens (tertiary/aromatic N) is 2. The van der Waals surface area contributed by atoms with Crippen molar-refractivity contribution in [2.24, 2.45) is 0 Å². The highest BCUT2D eigenvalue weighted by molar-refractivity contribution is 14.1. The first-order valence-electron chi connectivity index (χ1n) is 11.1. The van der Waals surface area contributed by atoms with Gasteiger partial charge in [-0.3, -0.25) is 4.72 Å². The van der Waals surface area contributed by atoms with E-state index in [4.69, 9.17) is 0 Å². The number of anilines is 3. The molecule has 9 nitrogen and oxygen atoms in total. The van der Waals surface area contributed by atoms with Crippen LogP contribution in [0.3, 0.4) is 0 Å². The number of urea groups is 1. The largest absolute Gasteiger partial charge is 0.349 e. The SMILES string of the molecule is CN(C)C(=O)NCCNC1CCN(S(=O)(=O)Nc2ccc(F)c(F)c2Nc2ccc(I)cc2F)CC1. The maximum atomic E-state index is 14.6. The predicted molar refractivity (Wildman–Crippen MR) is 141 cm³/mol. The highest BCUT2D eigenvalue weighted by Gasteiger charge is 2.29. The van der Waals surface area contributed by atoms with E-state index in [0.29, 0.717) is 29.5 Å². The van der Waals surface area contributed by atoms with Crippen LogP contribution in [0.4, 0.5) is 35.0 Å². The van der Waals surface area contributed by atoms with Crippen LogP contribution in [-0.2, 0) is 10.2 Å². The van der Waals surface area contributed by atoms with Crippen molar-refractivity contribution in [3.05, 3.63) is 51.4 Å². The summed E-state index contributed by atoms with van der Waals surface area (Å²) in [6.45, 7) is 1.38. The lowest BCUT2D eigenvalue weighted by molar-refractivity contribution is 0.217. The van der Waals surface area contributed by atoms with Gasteiger partial charge < -0.3 is 20.9 Å². The smallest absolute Gasteiger partial charge is 0.316 e. The summed E-state index contributed by atoms with van der Waals surface area (Å²) in [5.74, 6) is -3.24. The minimum atomic E-state index is -4.10. The van der Waals surface area contributed by atoms with Crippen LogP contribution in [0, 0.1) is 21.0 Å². The van der Waals surface area contributed by atoms with Crippen LogP contribution in [0.5, 0.6) is 0 Å². The van der Waals surface area contributed by atoms with Gasteiger partial charge >= 0.3 is 16.2 Å². The van der Waals surface area contributed by atoms with Crippen LogP contribution >= 0.6 is 22.6 Å². The van der Waals surface area contributed by atoms with Gasteiger partial charge in [0.15, 0.2) is 11.6 Å². The Bertz CT molecular complexity index is 1190. The fourth-order valence-electron chi connectivity index (χ4n) is 3.59. The minimum absolute atomic E-state index is 0.0667. The zero-order valence-electron chi connectivity index (χ0n) is 19.7. The maximum Gasteiger partial charge on any atom is 0.316 e. The van der Waals surface area contributed by atoms with Gasteiger partial charge in [-0.05, 0) is 65.8 Å². The molecule has 0 spiro atoms. The Morgan fingerprint density at radius 2 is 1.72 bits per heavy atom. The van der Waals surface area contributed by atoms with E-state index in [1.54, 1.807) is 20.2 Å². The van der Waals surface area contributed by atoms with Crippen LogP contribution in [0.2, 0.25) is 0 Å². The molecule has 4 N–H and O–H groups in total. The Morgan fingerprint density at radius 3 is 2.36 bits per heavy atom. The van der Waals surface area contributed by atoms with Crippen molar-refractivity contribution in [2.45, 2.75) is 18.9 Å². The number of benzene rings is 2. The normalized spacial score (nSPS) is 14.9. The standard InChI is InChI=1S/C22H28F3IN6O3S/c1-31(2)22(33)28-10-9-27-15-7-11-32(12-8-15)36(34,35)30-19-6-4-16(23)20(25)21(19)29-18-5-3-14(26)13-17(18)24/h3-6,13,15,27,29-30H,7-12H2,1-2H3,(H,28,33). The first-order chi connectivity index (χ1) is 17.0. The summed E-state index contributed by atoms with van der Waals surface area (Å²) < 4.78 is 73.0. The van der Waals surface area contributed by atoms with Crippen LogP contribution < -0.4 is 20.7 Å². The number of hydrogen-bond acceptors (Lipinski definition) is 5. The molecule has 3 rings (SSSR count). The fraction of sp³-hybridized carbons (Fsp3) is 0.409. The van der Waals surface area contributed by atoms with Crippen molar-refractivity contribution in [2.75, 3.05) is 50.3 Å². The van der Waals surface area contributed by atoms with Gasteiger partial charge in [0, 0.05) is 49.9 Å². The first kappa shape index (κ1) is 28.3. The molecule has 198 valence electrons. The van der Waals surface area contributed by atoms with Gasteiger partial charge in [-0.2, -0.15) is 12.7 Å². The molecule has 1 aliphatic heterocycles. The monoisotopic (exact) mass is 640 g/mol. The molecule has 0 saturated carbocycles. The van der Waals surface area contributed by atoms with Crippen LogP contribution in [0.1, 0.15) is 12.8 Å². The molecular weight excluding hydrogens is 612 g/mol. The summed E-state index contributed by atoms with van der Waals surface area (Å²) in [5, 5.41) is 8.50. The molecule has 0 atom stereocenters. The molecule has 0 aliphatic carbocycles. The summed E-state index contributed by atoms with van der Waals surface area (Å²) in [4.78, 5) is 13.0. The van der Waals surface area contributed by atoms with Crippen molar-refractivity contribution >= 4 is 55.9 Å². The Morgan fingerprint density at radius 1 is 1.06 bits per heavy atom. The molecule has 0 aromatic heterocycles. The van der Waals surface area contributed by atoms with E-state index in [1.807, 2.05) is 22.6 Å². The molecule has 1 heterocycles. The van der Waals surface area contributed by atoms with E-state index < -0.39 is 33.3 Å². The molecule has 2 amide bonds. The molecule has 1 aliphatic rings. The Balaban J connectivity index is 1.63. The second-order valence-corrected chi connectivity index (χ2v) is 11.3. The number of hydrogen-bond donors (Lipinski definition) is 4. The van der Waals surface area contributed by atoms with E-state index in [2.05, 4.69) is 20.7 Å². The molecule has 1 fully saturated rings. The minimum Gasteiger partial charge on any atom is -0.349 e. The lowest BCUT2D eigenvalue weighted by Gasteiger charge is -2.32. The maximum absolute atomic E-state index is 14.6. The van der Waals surface area contributed by atoms with Gasteiger partial charge in [-0.1, -0.05) is 0 Å². The lowest BCUT2D eigenvalue weighted by Crippen LogP contribution is -2.48. The van der Waals surface area contributed by atoms with Crippen molar-refractivity contribution in [1.82, 2.24) is 19.8 Å². The molecular formula is C22H28F3IN6O3S. The number of carbonyl (C=O) groups excluding carboxylic acids is 1. The second-order valence-electron chi connectivity index (χ2n) is 8.39. The van der Waals surface area contributed by atoms with Crippen molar-refractivity contribution in [1.29, 1.82) is 0 Å². The average Bonchev–Trinajstić information content (AvgIpc) is 2.82. The zero-order valence-corrected chi connectivity index (χ0v) is 22.7. The van der Waals surface area contributed by atoms with Gasteiger partial charge in [0.1, 0.15) is 11.5 Å². The van der Waals surface area contributed by atoms with Gasteiger partial charge in [-0.25, -0.2) is 18.0 Å². The summed E-state index contributed by atoms with van der Waals surface area (Å²) in [6.07, 6.45) is 1.05. The molecule has 1 saturated heterocycles. The van der Waals surface area contributed by atoms with Crippen LogP contribution in [0.25, 0.3) is 0 Å². The van der Waals surface area contributed by atoms with E-state index >= 15 is 0 Å². The number of piperidine rings is 1. The molecule has 36 heavy (non-hydrogen) atoms. The number of rotatable bonds is 9. The van der Waals surface area contributed by atoms with E-state index in [1.165, 1.54) is 21.3 Å². The molecule has 0 radical (unpaired) electrons. The number of halogens is 4. The molecule has 2 aromatic rings. The quantitative estimate of drug-likeness (QED) is 0.249. The molecule has 0 unspecified atom stereocenters. The van der Waals surface area contributed by atoms with Gasteiger partial charge in [0.05, 0.1) is 11.4 Å². The summed E-state index contributed by atoms with van der Waals surface area (Å²) in [5.41, 5.74) is -0.896. The topological polar surface area (TPSA) is 106 Å². The Hall–Kier alpha value is -2.30. The summed E-state index contributed by atoms with van der Waals surface area (Å²) in [6, 6.07) is 5.88. The highest BCUT2D eigenvalue weighted by Crippen LogP contribution is 2.33. The fourth-order valence-corrected chi connectivity index (χ4v) is 5.31. The van der Waals surface area contributed by atoms with E-state index in [-0.39, 0.29) is 36.5 Å². The molecule has 0 bridgehead atoms. The highest BCUT2D eigenvalue weighted by atomic mass is 127. The third kappa shape index (κ3) is 7.36. The van der Waals surface area contributed by atoms with Crippen molar-refractivity contribution in [3.8, 4) is 0 Å². The van der Waals surface area contributed by atoms with E-state index in [9.17, 15) is 26.4 Å². The average molecular weight is 640 g/mol. The number of carbonyl (C=O) groups is 1. The Kier molecular flexibility index (Phi) is 9.66. The summed E-state index contributed by atoms with van der Waals surface area (Å²) >= 11 is 1.91. The van der Waals surface area contributed by atoms with Gasteiger partial charge in [-0.15, -0.1) is 0 Å². The predicted octanol–water partition coefficient (Wildman–Crippen LogP) is 3.43. The van der Waals surface area contributed by atoms with Gasteiger partial charge in [0.25, 0.3) is 0 Å². The van der Waals surface area contributed by atoms with E-state index in [0.717, 1.165) is 12.1 Å². The molecule has 14 heteroatoms. The molecule has 2 aromatic carbocycles. The van der Waals surface area contributed by atoms with Crippen LogP contribution in [0.15, 0.2) is 30.3 Å². The second kappa shape index (κ2) is 12.3. The van der Waals surface area contributed by atoms with Crippen LogP contribution in [-0.4, -0.2) is 70.0 Å². The van der Waals surface area contributed by atoms with Gasteiger partial charge in [0.2, 0.25) is 0 Å². The summed E-state index contributed by atoms with van der Waals surface area (Å²) in [7, 11) is -0.807. The Labute approximate surface area is 222 Å².